The summed E-state index contributed by atoms with van der Waals surface area (Å²) in [5.74, 6) is 1.28. The largest absolute Gasteiger partial charge is 0.486 e. The Bertz CT molecular complexity index is 566. The monoisotopic (exact) mass is 259 g/mol. The number of aromatic nitrogens is 2. The number of aryl methyl sites for hydroxylation is 1. The van der Waals surface area contributed by atoms with Crippen LogP contribution in [0.25, 0.3) is 0 Å². The lowest BCUT2D eigenvalue weighted by molar-refractivity contribution is 0.295. The van der Waals surface area contributed by atoms with E-state index in [1.807, 2.05) is 30.3 Å². The van der Waals surface area contributed by atoms with Crippen LogP contribution in [0.1, 0.15) is 17.9 Å². The van der Waals surface area contributed by atoms with Crippen molar-refractivity contribution in [3.8, 4) is 5.75 Å². The van der Waals surface area contributed by atoms with E-state index in [0.29, 0.717) is 18.8 Å². The third-order valence-electron chi connectivity index (χ3n) is 2.60. The van der Waals surface area contributed by atoms with E-state index >= 15 is 0 Å². The smallest absolute Gasteiger partial charge is 0.251 e. The Hall–Kier alpha value is -2.14. The summed E-state index contributed by atoms with van der Waals surface area (Å²) in [6, 6.07) is 10.9. The highest BCUT2D eigenvalue weighted by Crippen LogP contribution is 2.09. The van der Waals surface area contributed by atoms with E-state index in [0.717, 1.165) is 17.9 Å². The first kappa shape index (κ1) is 13.3. The van der Waals surface area contributed by atoms with E-state index in [9.17, 15) is 4.79 Å². The molecule has 1 heterocycles. The number of hydrogen-bond donors (Lipinski definition) is 2. The van der Waals surface area contributed by atoms with Crippen LogP contribution in [0.2, 0.25) is 0 Å². The molecule has 3 N–H and O–H groups in total. The Morgan fingerprint density at radius 3 is 2.79 bits per heavy atom. The van der Waals surface area contributed by atoms with Gasteiger partial charge in [-0.15, -0.1) is 0 Å². The summed E-state index contributed by atoms with van der Waals surface area (Å²) in [6.07, 6.45) is 1.52. The Morgan fingerprint density at radius 1 is 1.26 bits per heavy atom. The maximum atomic E-state index is 11.5. The molecule has 19 heavy (non-hydrogen) atoms. The van der Waals surface area contributed by atoms with E-state index in [1.54, 1.807) is 0 Å². The molecule has 0 bridgehead atoms. The zero-order valence-electron chi connectivity index (χ0n) is 10.6. The van der Waals surface area contributed by atoms with Crippen molar-refractivity contribution in [2.24, 2.45) is 5.73 Å². The van der Waals surface area contributed by atoms with Crippen molar-refractivity contribution < 1.29 is 4.74 Å². The van der Waals surface area contributed by atoms with Crippen molar-refractivity contribution in [2.45, 2.75) is 19.4 Å². The summed E-state index contributed by atoms with van der Waals surface area (Å²) in [7, 11) is 0. The van der Waals surface area contributed by atoms with Crippen LogP contribution in [0.5, 0.6) is 5.75 Å². The molecule has 0 saturated heterocycles. The van der Waals surface area contributed by atoms with E-state index in [1.165, 1.54) is 6.07 Å². The third-order valence-corrected chi connectivity index (χ3v) is 2.60. The predicted molar refractivity (Wildman–Crippen MR) is 73.0 cm³/mol. The van der Waals surface area contributed by atoms with Crippen LogP contribution in [-0.4, -0.2) is 16.5 Å². The summed E-state index contributed by atoms with van der Waals surface area (Å²) < 4.78 is 5.55. The van der Waals surface area contributed by atoms with Gasteiger partial charge in [0.05, 0.1) is 0 Å². The zero-order valence-corrected chi connectivity index (χ0v) is 10.6. The molecule has 0 aliphatic carbocycles. The topological polar surface area (TPSA) is 81.0 Å². The molecule has 0 saturated carbocycles. The number of aromatic amines is 1. The molecule has 1 aromatic carbocycles. The second-order valence-electron chi connectivity index (χ2n) is 4.18. The molecule has 0 amide bonds. The molecule has 0 unspecified atom stereocenters. The summed E-state index contributed by atoms with van der Waals surface area (Å²) in [6.45, 7) is 0.833. The van der Waals surface area contributed by atoms with Gasteiger partial charge in [0, 0.05) is 11.8 Å². The molecule has 0 atom stereocenters. The molecular formula is C14H17N3O2. The highest BCUT2D eigenvalue weighted by atomic mass is 16.5. The first-order chi connectivity index (χ1) is 9.28. The average Bonchev–Trinajstić information content (AvgIpc) is 2.43. The van der Waals surface area contributed by atoms with Crippen LogP contribution < -0.4 is 16.0 Å². The summed E-state index contributed by atoms with van der Waals surface area (Å²) in [5, 5.41) is 0. The van der Waals surface area contributed by atoms with Gasteiger partial charge in [-0.2, -0.15) is 0 Å². The molecule has 2 rings (SSSR count). The minimum atomic E-state index is -0.159. The molecule has 5 heteroatoms. The Labute approximate surface area is 111 Å². The van der Waals surface area contributed by atoms with Gasteiger partial charge in [0.15, 0.2) is 0 Å². The number of rotatable bonds is 6. The van der Waals surface area contributed by atoms with Gasteiger partial charge in [0.2, 0.25) is 0 Å². The van der Waals surface area contributed by atoms with Gasteiger partial charge in [-0.3, -0.25) is 4.79 Å². The molecule has 0 aliphatic heterocycles. The normalized spacial score (nSPS) is 10.4. The Balaban J connectivity index is 2.03. The number of hydrogen-bond acceptors (Lipinski definition) is 4. The lowest BCUT2D eigenvalue weighted by Gasteiger charge is -2.06. The molecule has 5 nitrogen and oxygen atoms in total. The average molecular weight is 259 g/mol. The molecule has 0 radical (unpaired) electrons. The van der Waals surface area contributed by atoms with Crippen molar-refractivity contribution in [3.63, 3.8) is 0 Å². The minimum Gasteiger partial charge on any atom is -0.486 e. The number of ether oxygens (including phenoxy) is 1. The van der Waals surface area contributed by atoms with Gasteiger partial charge in [-0.25, -0.2) is 4.98 Å². The number of nitrogens with zero attached hydrogens (tertiary/aromatic N) is 1. The fourth-order valence-corrected chi connectivity index (χ4v) is 1.71. The predicted octanol–water partition coefficient (Wildman–Crippen LogP) is 1.24. The number of benzene rings is 1. The highest BCUT2D eigenvalue weighted by Gasteiger charge is 2.02. The molecule has 1 aromatic heterocycles. The van der Waals surface area contributed by atoms with Crippen LogP contribution in [0.3, 0.4) is 0 Å². The maximum absolute atomic E-state index is 11.5. The molecule has 100 valence electrons. The van der Waals surface area contributed by atoms with Gasteiger partial charge in [-0.1, -0.05) is 18.2 Å². The fourth-order valence-electron chi connectivity index (χ4n) is 1.71. The van der Waals surface area contributed by atoms with Crippen LogP contribution in [0, 0.1) is 0 Å². The first-order valence-electron chi connectivity index (χ1n) is 6.25. The molecule has 0 aliphatic rings. The van der Waals surface area contributed by atoms with Gasteiger partial charge in [-0.05, 0) is 31.5 Å². The van der Waals surface area contributed by atoms with Gasteiger partial charge >= 0.3 is 0 Å². The number of para-hydroxylation sites is 1. The lowest BCUT2D eigenvalue weighted by Crippen LogP contribution is -2.15. The third kappa shape index (κ3) is 4.22. The second kappa shape index (κ2) is 6.70. The second-order valence-corrected chi connectivity index (χ2v) is 4.18. The van der Waals surface area contributed by atoms with Crippen LogP contribution in [0.15, 0.2) is 41.2 Å². The number of nitrogens with two attached hydrogens (primary N) is 1. The van der Waals surface area contributed by atoms with Crippen LogP contribution in [-0.2, 0) is 13.0 Å². The molecule has 0 spiro atoms. The number of H-pyrrole nitrogens is 1. The Morgan fingerprint density at radius 2 is 2.05 bits per heavy atom. The molecule has 0 fully saturated rings. The van der Waals surface area contributed by atoms with E-state index in [2.05, 4.69) is 9.97 Å². The summed E-state index contributed by atoms with van der Waals surface area (Å²) in [4.78, 5) is 18.5. The Kier molecular flexibility index (Phi) is 4.69. The highest BCUT2D eigenvalue weighted by molar-refractivity contribution is 5.21. The van der Waals surface area contributed by atoms with Crippen molar-refractivity contribution in [1.82, 2.24) is 9.97 Å². The standard InChI is InChI=1S/C14H17N3O2/c15-8-4-5-11-9-14(18)17-13(16-11)10-19-12-6-2-1-3-7-12/h1-3,6-7,9H,4-5,8,10,15H2,(H,16,17,18). The van der Waals surface area contributed by atoms with E-state index in [4.69, 9.17) is 10.5 Å². The van der Waals surface area contributed by atoms with E-state index < -0.39 is 0 Å². The molecule has 2 aromatic rings. The fraction of sp³-hybridized carbons (Fsp3) is 0.286. The van der Waals surface area contributed by atoms with E-state index in [-0.39, 0.29) is 12.2 Å². The summed E-state index contributed by atoms with van der Waals surface area (Å²) in [5.41, 5.74) is 6.04. The SMILES string of the molecule is NCCCc1cc(=O)[nH]c(COc2ccccc2)n1. The van der Waals surface area contributed by atoms with Crippen LogP contribution >= 0.6 is 0 Å². The van der Waals surface area contributed by atoms with Gasteiger partial charge < -0.3 is 15.5 Å². The van der Waals surface area contributed by atoms with Crippen LogP contribution in [0.4, 0.5) is 0 Å². The minimum absolute atomic E-state index is 0.159. The zero-order chi connectivity index (χ0) is 13.5. The lowest BCUT2D eigenvalue weighted by atomic mass is 10.2. The quantitative estimate of drug-likeness (QED) is 0.817. The van der Waals surface area contributed by atoms with Crippen molar-refractivity contribution in [2.75, 3.05) is 6.54 Å². The number of nitrogens with one attached hydrogen (secondary N) is 1. The van der Waals surface area contributed by atoms with Gasteiger partial charge in [0.25, 0.3) is 5.56 Å². The first-order valence-corrected chi connectivity index (χ1v) is 6.25. The van der Waals surface area contributed by atoms with Crippen molar-refractivity contribution in [3.05, 3.63) is 58.3 Å². The van der Waals surface area contributed by atoms with Gasteiger partial charge in [0.1, 0.15) is 18.2 Å². The van der Waals surface area contributed by atoms with Crippen molar-refractivity contribution >= 4 is 0 Å². The molecular weight excluding hydrogens is 242 g/mol. The van der Waals surface area contributed by atoms with Crippen molar-refractivity contribution in [1.29, 1.82) is 0 Å². The maximum Gasteiger partial charge on any atom is 0.251 e. The summed E-state index contributed by atoms with van der Waals surface area (Å²) >= 11 is 0.